The van der Waals surface area contributed by atoms with Gasteiger partial charge in [-0.15, -0.1) is 4.72 Å². The topological polar surface area (TPSA) is 169 Å². The Morgan fingerprint density at radius 2 is 1.69 bits per heavy atom. The molecule has 0 fully saturated rings. The van der Waals surface area contributed by atoms with Crippen LogP contribution >= 0.6 is 0 Å². The van der Waals surface area contributed by atoms with Gasteiger partial charge in [0.05, 0.1) is 39.7 Å². The summed E-state index contributed by atoms with van der Waals surface area (Å²) in [6.07, 6.45) is -5.32. The third-order valence-corrected chi connectivity index (χ3v) is 10.6. The van der Waals surface area contributed by atoms with Gasteiger partial charge in [0.25, 0.3) is 5.91 Å². The van der Waals surface area contributed by atoms with E-state index in [9.17, 15) is 14.5 Å². The number of benzene rings is 3. The second-order valence-corrected chi connectivity index (χ2v) is 16.1. The van der Waals surface area contributed by atoms with Crippen molar-refractivity contribution in [3.8, 4) is 34.3 Å². The number of methoxy groups -OCH3 is 2. The van der Waals surface area contributed by atoms with Gasteiger partial charge in [0.2, 0.25) is 5.60 Å². The zero-order valence-corrected chi connectivity index (χ0v) is 32.2. The SMILES string of the molecule is COc1ccc(COCCOc2ccc(C(=O)NCC(O)(c3cc4c(c(-c5ccc(N)cc5)n3)OCC4(C)N[S+]([O-])C(C)(C)C)C(F)(F)F)cc2OC)cc1. The molecular weight excluding hydrogens is 742 g/mol. The highest BCUT2D eigenvalue weighted by Gasteiger charge is 2.57. The van der Waals surface area contributed by atoms with Crippen molar-refractivity contribution in [1.29, 1.82) is 0 Å². The first-order chi connectivity index (χ1) is 25.9. The van der Waals surface area contributed by atoms with Crippen LogP contribution in [0.2, 0.25) is 0 Å². The Balaban J connectivity index is 1.36. The molecule has 16 heteroatoms. The maximum Gasteiger partial charge on any atom is 0.424 e. The summed E-state index contributed by atoms with van der Waals surface area (Å²) in [6, 6.07) is 18.8. The number of nitrogen functional groups attached to an aromatic ring is 1. The van der Waals surface area contributed by atoms with Gasteiger partial charge in [0.15, 0.2) is 17.2 Å². The van der Waals surface area contributed by atoms with Gasteiger partial charge in [-0.3, -0.25) is 4.79 Å². The van der Waals surface area contributed by atoms with E-state index < -0.39 is 51.6 Å². The number of nitrogens with two attached hydrogens (primary N) is 1. The van der Waals surface area contributed by atoms with Gasteiger partial charge in [-0.1, -0.05) is 24.3 Å². The van der Waals surface area contributed by atoms with Crippen LogP contribution in [0.5, 0.6) is 23.0 Å². The monoisotopic (exact) mass is 786 g/mol. The number of aliphatic hydroxyl groups is 1. The van der Waals surface area contributed by atoms with Crippen LogP contribution in [0.15, 0.2) is 72.8 Å². The Morgan fingerprint density at radius 3 is 2.31 bits per heavy atom. The van der Waals surface area contributed by atoms with Gasteiger partial charge in [-0.05, 0) is 81.8 Å². The van der Waals surface area contributed by atoms with E-state index in [1.54, 1.807) is 59.1 Å². The van der Waals surface area contributed by atoms with Gasteiger partial charge in [0, 0.05) is 33.7 Å². The summed E-state index contributed by atoms with van der Waals surface area (Å²) in [7, 11) is 2.94. The molecule has 1 aliphatic rings. The van der Waals surface area contributed by atoms with E-state index in [0.29, 0.717) is 17.9 Å². The molecule has 12 nitrogen and oxygen atoms in total. The number of pyridine rings is 1. The zero-order valence-electron chi connectivity index (χ0n) is 31.3. The van der Waals surface area contributed by atoms with Gasteiger partial charge >= 0.3 is 6.18 Å². The van der Waals surface area contributed by atoms with Crippen LogP contribution in [0.3, 0.4) is 0 Å². The number of anilines is 1. The number of alkyl halides is 3. The number of nitrogens with zero attached hydrogens (tertiary/aromatic N) is 1. The van der Waals surface area contributed by atoms with Gasteiger partial charge in [0.1, 0.15) is 34.9 Å². The summed E-state index contributed by atoms with van der Waals surface area (Å²) in [6.45, 7) is 6.23. The number of hydrogen-bond donors (Lipinski definition) is 4. The number of carbonyl (C=O) groups excluding carboxylic acids is 1. The Bertz CT molecular complexity index is 1960. The van der Waals surface area contributed by atoms with E-state index in [1.807, 2.05) is 24.3 Å². The number of fused-ring (bicyclic) bond motifs is 1. The van der Waals surface area contributed by atoms with Crippen molar-refractivity contribution in [2.45, 2.75) is 56.4 Å². The van der Waals surface area contributed by atoms with Crippen molar-refractivity contribution in [3.05, 3.63) is 95.2 Å². The highest BCUT2D eigenvalue weighted by Crippen LogP contribution is 2.47. The molecule has 1 aliphatic heterocycles. The van der Waals surface area contributed by atoms with E-state index in [-0.39, 0.29) is 53.9 Å². The number of rotatable bonds is 15. The summed E-state index contributed by atoms with van der Waals surface area (Å²) in [5, 5.41) is 13.7. The molecule has 1 amide bonds. The van der Waals surface area contributed by atoms with Crippen LogP contribution in [0.4, 0.5) is 18.9 Å². The largest absolute Gasteiger partial charge is 0.598 e. The molecule has 0 spiro atoms. The number of amides is 1. The van der Waals surface area contributed by atoms with Crippen molar-refractivity contribution in [2.75, 3.05) is 46.3 Å². The average molecular weight is 787 g/mol. The maximum absolute atomic E-state index is 15.0. The minimum absolute atomic E-state index is 0.0000229. The zero-order chi connectivity index (χ0) is 40.2. The molecule has 5 rings (SSSR count). The summed E-state index contributed by atoms with van der Waals surface area (Å²) in [5.74, 6) is 0.396. The predicted molar refractivity (Wildman–Crippen MR) is 201 cm³/mol. The first kappa shape index (κ1) is 41.4. The Morgan fingerprint density at radius 1 is 1.00 bits per heavy atom. The second-order valence-electron chi connectivity index (χ2n) is 14.1. The number of aromatic nitrogens is 1. The lowest BCUT2D eigenvalue weighted by atomic mass is 9.89. The fraction of sp³-hybridized carbons (Fsp3) is 0.385. The molecule has 2 heterocycles. The summed E-state index contributed by atoms with van der Waals surface area (Å²) >= 11 is -1.66. The molecule has 5 N–H and O–H groups in total. The lowest BCUT2D eigenvalue weighted by molar-refractivity contribution is -0.265. The van der Waals surface area contributed by atoms with E-state index >= 15 is 13.2 Å². The number of hydrogen-bond acceptors (Lipinski definition) is 11. The van der Waals surface area contributed by atoms with Crippen LogP contribution in [0.25, 0.3) is 11.3 Å². The molecule has 296 valence electrons. The fourth-order valence-corrected chi connectivity index (χ4v) is 6.46. The molecule has 0 saturated heterocycles. The van der Waals surface area contributed by atoms with Crippen LogP contribution < -0.4 is 34.7 Å². The van der Waals surface area contributed by atoms with Gasteiger partial charge < -0.3 is 44.4 Å². The molecule has 3 aromatic carbocycles. The van der Waals surface area contributed by atoms with Crippen LogP contribution in [-0.4, -0.2) is 72.1 Å². The molecule has 3 atom stereocenters. The lowest BCUT2D eigenvalue weighted by Crippen LogP contribution is -2.52. The third-order valence-electron chi connectivity index (χ3n) is 8.87. The first-order valence-corrected chi connectivity index (χ1v) is 18.4. The van der Waals surface area contributed by atoms with Crippen molar-refractivity contribution in [1.82, 2.24) is 15.0 Å². The normalized spacial score (nSPS) is 17.1. The smallest absolute Gasteiger partial charge is 0.424 e. The van der Waals surface area contributed by atoms with Crippen LogP contribution in [0.1, 0.15) is 54.9 Å². The van der Waals surface area contributed by atoms with Crippen molar-refractivity contribution >= 4 is 23.0 Å². The van der Waals surface area contributed by atoms with Gasteiger partial charge in [-0.2, -0.15) is 13.2 Å². The van der Waals surface area contributed by atoms with Crippen molar-refractivity contribution < 1.29 is 51.3 Å². The molecule has 0 saturated carbocycles. The van der Waals surface area contributed by atoms with Crippen molar-refractivity contribution in [2.24, 2.45) is 0 Å². The highest BCUT2D eigenvalue weighted by molar-refractivity contribution is 7.90. The minimum atomic E-state index is -5.32. The summed E-state index contributed by atoms with van der Waals surface area (Å²) in [4.78, 5) is 17.6. The molecule has 0 radical (unpaired) electrons. The van der Waals surface area contributed by atoms with E-state index in [1.165, 1.54) is 25.3 Å². The quantitative estimate of drug-likeness (QED) is 0.0655. The van der Waals surface area contributed by atoms with Crippen LogP contribution in [0, 0.1) is 0 Å². The average Bonchev–Trinajstić information content (AvgIpc) is 3.48. The molecule has 4 aromatic rings. The minimum Gasteiger partial charge on any atom is -0.598 e. The summed E-state index contributed by atoms with van der Waals surface area (Å²) < 4.78 is 88.5. The third kappa shape index (κ3) is 9.39. The highest BCUT2D eigenvalue weighted by atomic mass is 32.2. The van der Waals surface area contributed by atoms with Crippen LogP contribution in [-0.2, 0) is 33.8 Å². The second kappa shape index (κ2) is 16.5. The summed E-state index contributed by atoms with van der Waals surface area (Å²) in [5.41, 5.74) is 2.00. The maximum atomic E-state index is 15.0. The first-order valence-electron chi connectivity index (χ1n) is 17.2. The standard InChI is InChI=1S/C39H45F3N4O8S/c1-36(2,3)55(49)46-37(4)23-54-34-29(37)20-32(45-33(34)25-9-12-27(43)13-10-25)38(48,39(40,41)42)22-44-35(47)26-11-16-30(31(19-26)51-6)53-18-17-52-21-24-7-14-28(50-5)15-8-24/h7-16,19-20,46,48H,17-18,21-23,43H2,1-6H3,(H,44,47). The number of ether oxygens (including phenoxy) is 5. The van der Waals surface area contributed by atoms with Gasteiger partial charge in [-0.25, -0.2) is 4.98 Å². The number of nitrogens with one attached hydrogen (secondary N) is 2. The molecule has 55 heavy (non-hydrogen) atoms. The molecule has 3 unspecified atom stereocenters. The Kier molecular flexibility index (Phi) is 12.5. The van der Waals surface area contributed by atoms with E-state index in [0.717, 1.165) is 17.4 Å². The molecule has 1 aromatic heterocycles. The number of halogens is 3. The molecule has 0 bridgehead atoms. The predicted octanol–water partition coefficient (Wildman–Crippen LogP) is 5.78. The molecular formula is C39H45F3N4O8S. The molecule has 0 aliphatic carbocycles. The van der Waals surface area contributed by atoms with E-state index in [4.69, 9.17) is 29.4 Å². The Labute approximate surface area is 320 Å². The van der Waals surface area contributed by atoms with E-state index in [2.05, 4.69) is 15.0 Å². The fourth-order valence-electron chi connectivity index (χ4n) is 5.57. The van der Waals surface area contributed by atoms with Crippen molar-refractivity contribution in [3.63, 3.8) is 0 Å². The lowest BCUT2D eigenvalue weighted by Gasteiger charge is -2.33. The Hall–Kier alpha value is -4.74. The number of carbonyl (C=O) groups is 1.